The highest BCUT2D eigenvalue weighted by molar-refractivity contribution is 6.33. The quantitative estimate of drug-likeness (QED) is 0.752. The van der Waals surface area contributed by atoms with Crippen LogP contribution in [0.4, 0.5) is 13.2 Å². The number of aromatic nitrogens is 2. The van der Waals surface area contributed by atoms with E-state index in [0.717, 1.165) is 19.1 Å². The molecule has 2 aromatic rings. The fourth-order valence-corrected chi connectivity index (χ4v) is 2.50. The van der Waals surface area contributed by atoms with Gasteiger partial charge < -0.3 is 4.74 Å². The lowest BCUT2D eigenvalue weighted by Gasteiger charge is -2.14. The molecule has 0 saturated heterocycles. The summed E-state index contributed by atoms with van der Waals surface area (Å²) in [5.41, 5.74) is -3.77. The van der Waals surface area contributed by atoms with E-state index in [2.05, 4.69) is 0 Å². The second-order valence-corrected chi connectivity index (χ2v) is 6.03. The molecule has 0 fully saturated rings. The summed E-state index contributed by atoms with van der Waals surface area (Å²) in [6.45, 7) is 1.04. The molecule has 0 atom stereocenters. The zero-order valence-corrected chi connectivity index (χ0v) is 14.7. The molecule has 0 radical (unpaired) electrons. The summed E-state index contributed by atoms with van der Waals surface area (Å²) in [6.07, 6.45) is -0.509. The normalized spacial score (nSPS) is 11.3. The van der Waals surface area contributed by atoms with Crippen LogP contribution in [0.2, 0.25) is 5.02 Å². The van der Waals surface area contributed by atoms with Crippen molar-refractivity contribution in [3.8, 4) is 5.69 Å². The summed E-state index contributed by atoms with van der Waals surface area (Å²) in [6, 6.07) is 2.27. The monoisotopic (exact) mass is 390 g/mol. The van der Waals surface area contributed by atoms with Crippen LogP contribution in [0, 0.1) is 12.7 Å². The molecule has 10 heteroatoms. The third-order valence-electron chi connectivity index (χ3n) is 3.37. The maximum absolute atomic E-state index is 14.3. The first kappa shape index (κ1) is 19.8. The van der Waals surface area contributed by atoms with Crippen molar-refractivity contribution in [1.82, 2.24) is 9.13 Å². The molecule has 1 aromatic carbocycles. The predicted octanol–water partition coefficient (Wildman–Crippen LogP) is 3.06. The molecular weight excluding hydrogens is 377 g/mol. The number of ether oxygens (including phenoxy) is 1. The Labute approximate surface area is 150 Å². The van der Waals surface area contributed by atoms with Gasteiger partial charge in [0.05, 0.1) is 22.4 Å². The van der Waals surface area contributed by atoms with Gasteiger partial charge in [-0.05, 0) is 32.9 Å². The second kappa shape index (κ2) is 7.36. The zero-order chi connectivity index (χ0) is 19.8. The van der Waals surface area contributed by atoms with E-state index in [1.165, 1.54) is 0 Å². The minimum absolute atomic E-state index is 0.0293. The van der Waals surface area contributed by atoms with E-state index in [1.807, 2.05) is 0 Å². The number of esters is 1. The largest absolute Gasteiger partial charge is 0.459 e. The van der Waals surface area contributed by atoms with Crippen LogP contribution < -0.4 is 11.2 Å². The van der Waals surface area contributed by atoms with Crippen LogP contribution in [-0.2, 0) is 4.74 Å². The molecule has 0 spiro atoms. The van der Waals surface area contributed by atoms with Gasteiger partial charge in [0.1, 0.15) is 5.82 Å². The first-order chi connectivity index (χ1) is 12.0. The number of halogens is 4. The molecule has 0 N–H and O–H groups in total. The molecule has 26 heavy (non-hydrogen) atoms. The van der Waals surface area contributed by atoms with E-state index in [1.54, 1.807) is 13.8 Å². The maximum atomic E-state index is 14.3. The Morgan fingerprint density at radius 2 is 1.81 bits per heavy atom. The number of hydrogen-bond acceptors (Lipinski definition) is 4. The van der Waals surface area contributed by atoms with E-state index >= 15 is 0 Å². The molecule has 1 heterocycles. The van der Waals surface area contributed by atoms with Crippen molar-refractivity contribution in [1.29, 1.82) is 0 Å². The Morgan fingerprint density at radius 1 is 1.19 bits per heavy atom. The summed E-state index contributed by atoms with van der Waals surface area (Å²) in [7, 11) is 0. The smallest absolute Gasteiger partial charge is 0.340 e. The average Bonchev–Trinajstić information content (AvgIpc) is 2.47. The summed E-state index contributed by atoms with van der Waals surface area (Å²) in [5, 5.41) is -0.314. The predicted molar refractivity (Wildman–Crippen MR) is 87.8 cm³/mol. The third kappa shape index (κ3) is 3.67. The number of alkyl halides is 2. The van der Waals surface area contributed by atoms with Crippen LogP contribution in [-0.4, -0.2) is 21.2 Å². The molecule has 2 rings (SSSR count). The van der Waals surface area contributed by atoms with Crippen molar-refractivity contribution in [2.45, 2.75) is 33.4 Å². The number of nitrogens with zero attached hydrogens (tertiary/aromatic N) is 2. The van der Waals surface area contributed by atoms with Gasteiger partial charge in [-0.2, -0.15) is 8.78 Å². The lowest BCUT2D eigenvalue weighted by molar-refractivity contribution is 0.0377. The van der Waals surface area contributed by atoms with Crippen LogP contribution in [0.5, 0.6) is 0 Å². The lowest BCUT2D eigenvalue weighted by Crippen LogP contribution is -2.40. The standard InChI is InChI=1S/C16H14ClF3N2O4/c1-7(2)26-14(24)9-5-12(11(18)6-10(9)17)22-13(23)4-8(3)21(15(19)20)16(22)25/h4-7,15H,1-3H3. The minimum Gasteiger partial charge on any atom is -0.459 e. The first-order valence-electron chi connectivity index (χ1n) is 7.38. The van der Waals surface area contributed by atoms with E-state index in [0.29, 0.717) is 6.07 Å². The van der Waals surface area contributed by atoms with Gasteiger partial charge in [-0.25, -0.2) is 23.1 Å². The molecule has 140 valence electrons. The van der Waals surface area contributed by atoms with E-state index in [-0.39, 0.29) is 25.4 Å². The molecule has 0 unspecified atom stereocenters. The lowest BCUT2D eigenvalue weighted by atomic mass is 10.2. The number of carbonyl (C=O) groups excluding carboxylic acids is 1. The van der Waals surface area contributed by atoms with Crippen molar-refractivity contribution in [3.05, 3.63) is 61.1 Å². The van der Waals surface area contributed by atoms with Crippen LogP contribution in [0.25, 0.3) is 5.69 Å². The molecule has 0 saturated carbocycles. The average molecular weight is 391 g/mol. The van der Waals surface area contributed by atoms with Crippen molar-refractivity contribution in [3.63, 3.8) is 0 Å². The molecule has 0 bridgehead atoms. The van der Waals surface area contributed by atoms with Crippen molar-refractivity contribution >= 4 is 17.6 Å². The maximum Gasteiger partial charge on any atom is 0.340 e. The summed E-state index contributed by atoms with van der Waals surface area (Å²) in [5.74, 6) is -2.06. The molecule has 0 aliphatic carbocycles. The number of aryl methyl sites for hydroxylation is 1. The van der Waals surface area contributed by atoms with Crippen molar-refractivity contribution in [2.24, 2.45) is 0 Å². The van der Waals surface area contributed by atoms with Crippen LogP contribution in [0.1, 0.15) is 36.4 Å². The van der Waals surface area contributed by atoms with Gasteiger partial charge in [-0.1, -0.05) is 11.6 Å². The first-order valence-corrected chi connectivity index (χ1v) is 7.76. The molecule has 6 nitrogen and oxygen atoms in total. The zero-order valence-electron chi connectivity index (χ0n) is 13.9. The third-order valence-corrected chi connectivity index (χ3v) is 3.68. The van der Waals surface area contributed by atoms with Gasteiger partial charge in [0.2, 0.25) is 0 Å². The summed E-state index contributed by atoms with van der Waals surface area (Å²) < 4.78 is 45.7. The van der Waals surface area contributed by atoms with E-state index < -0.39 is 41.4 Å². The number of hydrogen-bond donors (Lipinski definition) is 0. The topological polar surface area (TPSA) is 70.3 Å². The summed E-state index contributed by atoms with van der Waals surface area (Å²) >= 11 is 5.82. The van der Waals surface area contributed by atoms with Gasteiger partial charge in [0.25, 0.3) is 5.56 Å². The van der Waals surface area contributed by atoms with Crippen LogP contribution >= 0.6 is 11.6 Å². The molecular formula is C16H14ClF3N2O4. The summed E-state index contributed by atoms with van der Waals surface area (Å²) in [4.78, 5) is 36.4. The Balaban J connectivity index is 2.78. The number of benzene rings is 1. The van der Waals surface area contributed by atoms with Gasteiger partial charge in [0.15, 0.2) is 0 Å². The van der Waals surface area contributed by atoms with Gasteiger partial charge >= 0.3 is 18.2 Å². The number of rotatable bonds is 4. The molecule has 0 aliphatic heterocycles. The van der Waals surface area contributed by atoms with Crippen molar-refractivity contribution in [2.75, 3.05) is 0 Å². The van der Waals surface area contributed by atoms with E-state index in [9.17, 15) is 27.6 Å². The molecule has 0 amide bonds. The Morgan fingerprint density at radius 3 is 2.35 bits per heavy atom. The molecule has 0 aliphatic rings. The highest BCUT2D eigenvalue weighted by Gasteiger charge is 2.22. The van der Waals surface area contributed by atoms with Crippen LogP contribution in [0.3, 0.4) is 0 Å². The van der Waals surface area contributed by atoms with Gasteiger partial charge in [0, 0.05) is 11.8 Å². The Bertz CT molecular complexity index is 983. The Kier molecular flexibility index (Phi) is 5.60. The highest BCUT2D eigenvalue weighted by Crippen LogP contribution is 2.24. The minimum atomic E-state index is -3.24. The second-order valence-electron chi connectivity index (χ2n) is 5.63. The molecule has 1 aromatic heterocycles. The van der Waals surface area contributed by atoms with Gasteiger partial charge in [-0.3, -0.25) is 4.79 Å². The van der Waals surface area contributed by atoms with Crippen LogP contribution in [0.15, 0.2) is 27.8 Å². The Hall–Kier alpha value is -2.55. The fourth-order valence-electron chi connectivity index (χ4n) is 2.27. The van der Waals surface area contributed by atoms with Gasteiger partial charge in [-0.15, -0.1) is 0 Å². The van der Waals surface area contributed by atoms with E-state index in [4.69, 9.17) is 16.3 Å². The SMILES string of the molecule is Cc1cc(=O)n(-c2cc(C(=O)OC(C)C)c(Cl)cc2F)c(=O)n1C(F)F. The number of carbonyl (C=O) groups is 1. The van der Waals surface area contributed by atoms with Crippen molar-refractivity contribution < 1.29 is 22.7 Å². The fraction of sp³-hybridized carbons (Fsp3) is 0.312. The highest BCUT2D eigenvalue weighted by atomic mass is 35.5.